The summed E-state index contributed by atoms with van der Waals surface area (Å²) in [7, 11) is 0. The molecule has 4 rings (SSSR count). The van der Waals surface area contributed by atoms with E-state index in [9.17, 15) is 9.59 Å². The number of aryl methyl sites for hydroxylation is 1. The highest BCUT2D eigenvalue weighted by atomic mass is 32.1. The van der Waals surface area contributed by atoms with Crippen LogP contribution in [0.2, 0.25) is 0 Å². The highest BCUT2D eigenvalue weighted by molar-refractivity contribution is 7.17. The summed E-state index contributed by atoms with van der Waals surface area (Å²) in [5.74, 6) is 0.973. The van der Waals surface area contributed by atoms with Gasteiger partial charge in [0.25, 0.3) is 5.91 Å². The molecule has 1 aliphatic carbocycles. The second kappa shape index (κ2) is 6.61. The minimum Gasteiger partial charge on any atom is -0.469 e. The predicted octanol–water partition coefficient (Wildman–Crippen LogP) is 4.85. The largest absolute Gasteiger partial charge is 0.469 e. The number of carbonyl (C=O) groups is 2. The van der Waals surface area contributed by atoms with Crippen molar-refractivity contribution < 1.29 is 18.4 Å². The SMILES string of the molecule is Cc1occc1C(=O)Nc1sc2c(c1C(=O)c1ccco1)CCC(C)C2. The maximum atomic E-state index is 13.0. The molecule has 0 saturated carbocycles. The van der Waals surface area contributed by atoms with Gasteiger partial charge in [0.05, 0.1) is 23.7 Å². The summed E-state index contributed by atoms with van der Waals surface area (Å²) in [6.45, 7) is 3.95. The van der Waals surface area contributed by atoms with E-state index in [1.165, 1.54) is 28.7 Å². The molecule has 0 saturated heterocycles. The lowest BCUT2D eigenvalue weighted by molar-refractivity contribution is 0.101. The van der Waals surface area contributed by atoms with Gasteiger partial charge >= 0.3 is 0 Å². The molecule has 0 aliphatic heterocycles. The number of hydrogen-bond donors (Lipinski definition) is 1. The zero-order valence-corrected chi connectivity index (χ0v) is 15.4. The summed E-state index contributed by atoms with van der Waals surface area (Å²) in [5.41, 5.74) is 2.09. The van der Waals surface area contributed by atoms with E-state index in [0.29, 0.717) is 33.6 Å². The lowest BCUT2D eigenvalue weighted by Crippen LogP contribution is -2.15. The molecule has 1 N–H and O–H groups in total. The maximum Gasteiger partial charge on any atom is 0.259 e. The van der Waals surface area contributed by atoms with Crippen molar-refractivity contribution in [3.05, 3.63) is 63.8 Å². The smallest absolute Gasteiger partial charge is 0.259 e. The minimum absolute atomic E-state index is 0.179. The number of amides is 1. The van der Waals surface area contributed by atoms with E-state index in [1.807, 2.05) is 0 Å². The van der Waals surface area contributed by atoms with Gasteiger partial charge < -0.3 is 14.2 Å². The van der Waals surface area contributed by atoms with E-state index < -0.39 is 0 Å². The van der Waals surface area contributed by atoms with Crippen LogP contribution in [0.5, 0.6) is 0 Å². The number of nitrogens with one attached hydrogen (secondary N) is 1. The predicted molar refractivity (Wildman–Crippen MR) is 99.0 cm³/mol. The monoisotopic (exact) mass is 369 g/mol. The van der Waals surface area contributed by atoms with Gasteiger partial charge in [-0.05, 0) is 55.9 Å². The fraction of sp³-hybridized carbons (Fsp3) is 0.300. The normalized spacial score (nSPS) is 16.3. The van der Waals surface area contributed by atoms with Crippen LogP contribution in [0, 0.1) is 12.8 Å². The van der Waals surface area contributed by atoms with Gasteiger partial charge in [-0.1, -0.05) is 6.92 Å². The second-order valence-electron chi connectivity index (χ2n) is 6.71. The average molecular weight is 369 g/mol. The number of rotatable bonds is 4. The molecule has 0 radical (unpaired) electrons. The Morgan fingerprint density at radius 2 is 2.08 bits per heavy atom. The average Bonchev–Trinajstić information content (AvgIpc) is 3.33. The fourth-order valence-electron chi connectivity index (χ4n) is 3.40. The standard InChI is InChI=1S/C20H19NO4S/c1-11-5-6-14-16(10-11)26-20(17(14)18(22)15-4-3-8-25-15)21-19(23)13-7-9-24-12(13)2/h3-4,7-9,11H,5-6,10H2,1-2H3,(H,21,23). The zero-order chi connectivity index (χ0) is 18.3. The van der Waals surface area contributed by atoms with Crippen molar-refractivity contribution in [2.45, 2.75) is 33.1 Å². The first-order valence-corrected chi connectivity index (χ1v) is 9.44. The Morgan fingerprint density at radius 1 is 1.23 bits per heavy atom. The highest BCUT2D eigenvalue weighted by Gasteiger charge is 2.30. The first kappa shape index (κ1) is 16.8. The molecule has 0 spiro atoms. The van der Waals surface area contributed by atoms with E-state index >= 15 is 0 Å². The van der Waals surface area contributed by atoms with Crippen molar-refractivity contribution in [1.82, 2.24) is 0 Å². The van der Waals surface area contributed by atoms with E-state index in [4.69, 9.17) is 8.83 Å². The first-order chi connectivity index (χ1) is 12.5. The minimum atomic E-state index is -0.267. The van der Waals surface area contributed by atoms with E-state index in [2.05, 4.69) is 12.2 Å². The van der Waals surface area contributed by atoms with Gasteiger partial charge in [0.15, 0.2) is 5.76 Å². The van der Waals surface area contributed by atoms with E-state index in [1.54, 1.807) is 25.1 Å². The van der Waals surface area contributed by atoms with Gasteiger partial charge in [-0.3, -0.25) is 9.59 Å². The molecule has 5 nitrogen and oxygen atoms in total. The number of hydrogen-bond acceptors (Lipinski definition) is 5. The molecule has 1 amide bonds. The molecule has 26 heavy (non-hydrogen) atoms. The van der Waals surface area contributed by atoms with Crippen LogP contribution in [0.25, 0.3) is 0 Å². The molecule has 6 heteroatoms. The summed E-state index contributed by atoms with van der Waals surface area (Å²) in [6.07, 6.45) is 5.78. The third-order valence-electron chi connectivity index (χ3n) is 4.81. The molecule has 1 atom stereocenters. The van der Waals surface area contributed by atoms with Crippen LogP contribution in [-0.2, 0) is 12.8 Å². The number of thiophene rings is 1. The molecule has 134 valence electrons. The molecular weight excluding hydrogens is 350 g/mol. The van der Waals surface area contributed by atoms with Gasteiger partial charge in [0.1, 0.15) is 10.8 Å². The van der Waals surface area contributed by atoms with Crippen molar-refractivity contribution >= 4 is 28.0 Å². The van der Waals surface area contributed by atoms with E-state index in [0.717, 1.165) is 24.8 Å². The Bertz CT molecular complexity index is 964. The van der Waals surface area contributed by atoms with Crippen LogP contribution in [0.3, 0.4) is 0 Å². The van der Waals surface area contributed by atoms with Crippen LogP contribution in [0.1, 0.15) is 56.0 Å². The fourth-order valence-corrected chi connectivity index (χ4v) is 4.80. The molecular formula is C20H19NO4S. The van der Waals surface area contributed by atoms with Gasteiger partial charge in [-0.15, -0.1) is 11.3 Å². The number of fused-ring (bicyclic) bond motifs is 1. The molecule has 1 aliphatic rings. The second-order valence-corrected chi connectivity index (χ2v) is 7.81. The third-order valence-corrected chi connectivity index (χ3v) is 5.98. The molecule has 3 aromatic rings. The summed E-state index contributed by atoms with van der Waals surface area (Å²) in [4.78, 5) is 26.8. The molecule has 3 aromatic heterocycles. The summed E-state index contributed by atoms with van der Waals surface area (Å²) < 4.78 is 10.5. The summed E-state index contributed by atoms with van der Waals surface area (Å²) in [5, 5.41) is 3.52. The Hall–Kier alpha value is -2.60. The first-order valence-electron chi connectivity index (χ1n) is 8.62. The van der Waals surface area contributed by atoms with Gasteiger partial charge in [0, 0.05) is 4.88 Å². The van der Waals surface area contributed by atoms with E-state index in [-0.39, 0.29) is 11.7 Å². The van der Waals surface area contributed by atoms with Crippen LogP contribution in [-0.4, -0.2) is 11.7 Å². The quantitative estimate of drug-likeness (QED) is 0.667. The topological polar surface area (TPSA) is 72.5 Å². The lowest BCUT2D eigenvalue weighted by Gasteiger charge is -2.18. The molecule has 0 fully saturated rings. The summed E-state index contributed by atoms with van der Waals surface area (Å²) >= 11 is 1.50. The molecule has 0 bridgehead atoms. The van der Waals surface area contributed by atoms with Crippen LogP contribution in [0.15, 0.2) is 39.6 Å². The van der Waals surface area contributed by atoms with Crippen LogP contribution < -0.4 is 5.32 Å². The number of carbonyl (C=O) groups excluding carboxylic acids is 2. The van der Waals surface area contributed by atoms with Crippen molar-refractivity contribution in [3.8, 4) is 0 Å². The number of anilines is 1. The van der Waals surface area contributed by atoms with Gasteiger partial charge in [0.2, 0.25) is 5.78 Å². The Morgan fingerprint density at radius 3 is 2.77 bits per heavy atom. The van der Waals surface area contributed by atoms with Crippen molar-refractivity contribution in [2.75, 3.05) is 5.32 Å². The van der Waals surface area contributed by atoms with Crippen molar-refractivity contribution in [1.29, 1.82) is 0 Å². The Kier molecular flexibility index (Phi) is 4.28. The maximum absolute atomic E-state index is 13.0. The molecule has 1 unspecified atom stereocenters. The Labute approximate surface area is 155 Å². The highest BCUT2D eigenvalue weighted by Crippen LogP contribution is 2.41. The lowest BCUT2D eigenvalue weighted by atomic mass is 9.87. The molecule has 3 heterocycles. The number of furan rings is 2. The van der Waals surface area contributed by atoms with Gasteiger partial charge in [-0.2, -0.15) is 0 Å². The third kappa shape index (κ3) is 2.90. The van der Waals surface area contributed by atoms with Crippen LogP contribution in [0.4, 0.5) is 5.00 Å². The van der Waals surface area contributed by atoms with Gasteiger partial charge in [-0.25, -0.2) is 0 Å². The Balaban J connectivity index is 1.75. The van der Waals surface area contributed by atoms with Crippen molar-refractivity contribution in [3.63, 3.8) is 0 Å². The number of ketones is 1. The van der Waals surface area contributed by atoms with Crippen LogP contribution >= 0.6 is 11.3 Å². The zero-order valence-electron chi connectivity index (χ0n) is 14.6. The molecule has 0 aromatic carbocycles. The van der Waals surface area contributed by atoms with Crippen molar-refractivity contribution in [2.24, 2.45) is 5.92 Å². The summed E-state index contributed by atoms with van der Waals surface area (Å²) in [6, 6.07) is 4.99.